The molecule has 2 rings (SSSR count). The fourth-order valence-corrected chi connectivity index (χ4v) is 3.24. The molecule has 0 saturated heterocycles. The number of carbonyl (C=O) groups excluding carboxylic acids is 1. The summed E-state index contributed by atoms with van der Waals surface area (Å²) in [5, 5.41) is 0. The molecular formula is C15H11Br2IO. The van der Waals surface area contributed by atoms with Crippen molar-refractivity contribution in [2.75, 3.05) is 0 Å². The quantitative estimate of drug-likeness (QED) is 0.389. The number of ketones is 1. The Balaban J connectivity index is 2.56. The van der Waals surface area contributed by atoms with Crippen molar-refractivity contribution in [1.82, 2.24) is 0 Å². The van der Waals surface area contributed by atoms with Crippen molar-refractivity contribution in [3.8, 4) is 0 Å². The van der Waals surface area contributed by atoms with Crippen molar-refractivity contribution in [1.29, 1.82) is 0 Å². The van der Waals surface area contributed by atoms with Gasteiger partial charge in [0, 0.05) is 23.6 Å². The van der Waals surface area contributed by atoms with E-state index < -0.39 is 0 Å². The van der Waals surface area contributed by atoms with Crippen LogP contribution in [0, 0.1) is 17.4 Å². The zero-order valence-corrected chi connectivity index (χ0v) is 15.8. The second kappa shape index (κ2) is 6.06. The minimum absolute atomic E-state index is 0.0683. The molecule has 98 valence electrons. The fraction of sp³-hybridized carbons (Fsp3) is 0.133. The van der Waals surface area contributed by atoms with Crippen molar-refractivity contribution >= 4 is 60.2 Å². The van der Waals surface area contributed by atoms with E-state index >= 15 is 0 Å². The van der Waals surface area contributed by atoms with Gasteiger partial charge in [0.25, 0.3) is 0 Å². The van der Waals surface area contributed by atoms with Gasteiger partial charge >= 0.3 is 0 Å². The summed E-state index contributed by atoms with van der Waals surface area (Å²) in [5.41, 5.74) is 3.55. The van der Waals surface area contributed by atoms with E-state index in [1.54, 1.807) is 0 Å². The summed E-state index contributed by atoms with van der Waals surface area (Å²) in [6.07, 6.45) is 0. The van der Waals surface area contributed by atoms with Crippen LogP contribution >= 0.6 is 54.5 Å². The molecule has 0 heterocycles. The van der Waals surface area contributed by atoms with Crippen LogP contribution in [0.5, 0.6) is 0 Å². The first-order valence-corrected chi connectivity index (χ1v) is 8.33. The number of benzene rings is 2. The Labute approximate surface area is 143 Å². The maximum Gasteiger partial charge on any atom is 0.194 e. The third-order valence-electron chi connectivity index (χ3n) is 2.92. The molecule has 2 aromatic rings. The van der Waals surface area contributed by atoms with E-state index in [-0.39, 0.29) is 5.78 Å². The largest absolute Gasteiger partial charge is 0.289 e. The molecule has 0 aliphatic heterocycles. The summed E-state index contributed by atoms with van der Waals surface area (Å²) in [5.74, 6) is 0.0683. The molecule has 2 aromatic carbocycles. The highest BCUT2D eigenvalue weighted by Gasteiger charge is 2.16. The van der Waals surface area contributed by atoms with E-state index in [1.165, 1.54) is 0 Å². The Bertz CT molecular complexity index is 665. The molecule has 1 nitrogen and oxygen atoms in total. The number of rotatable bonds is 2. The Hall–Kier alpha value is -0.200. The van der Waals surface area contributed by atoms with Gasteiger partial charge in [-0.25, -0.2) is 0 Å². The lowest BCUT2D eigenvalue weighted by Gasteiger charge is -2.10. The molecular weight excluding hydrogens is 483 g/mol. The molecule has 0 spiro atoms. The van der Waals surface area contributed by atoms with Crippen LogP contribution in [-0.4, -0.2) is 5.78 Å². The third kappa shape index (κ3) is 3.28. The van der Waals surface area contributed by atoms with Gasteiger partial charge < -0.3 is 0 Å². The molecule has 0 saturated carbocycles. The van der Waals surface area contributed by atoms with Gasteiger partial charge in [0.1, 0.15) is 0 Å². The minimum Gasteiger partial charge on any atom is -0.289 e. The molecule has 0 amide bonds. The van der Waals surface area contributed by atoms with Gasteiger partial charge in [0.15, 0.2) is 5.78 Å². The molecule has 0 fully saturated rings. The zero-order chi connectivity index (χ0) is 14.2. The van der Waals surface area contributed by atoms with Crippen molar-refractivity contribution in [2.45, 2.75) is 13.8 Å². The van der Waals surface area contributed by atoms with Crippen LogP contribution in [0.15, 0.2) is 39.3 Å². The highest BCUT2D eigenvalue weighted by molar-refractivity contribution is 14.1. The molecule has 0 N–H and O–H groups in total. The Morgan fingerprint density at radius 1 is 1.00 bits per heavy atom. The summed E-state index contributed by atoms with van der Waals surface area (Å²) in [4.78, 5) is 12.7. The third-order valence-corrected chi connectivity index (χ3v) is 5.21. The number of carbonyl (C=O) groups is 1. The molecule has 0 radical (unpaired) electrons. The van der Waals surface area contributed by atoms with Crippen LogP contribution in [0.1, 0.15) is 27.0 Å². The van der Waals surface area contributed by atoms with E-state index in [2.05, 4.69) is 54.5 Å². The molecule has 0 aromatic heterocycles. The average Bonchev–Trinajstić information content (AvgIpc) is 2.36. The van der Waals surface area contributed by atoms with E-state index in [4.69, 9.17) is 0 Å². The van der Waals surface area contributed by atoms with Crippen molar-refractivity contribution in [3.63, 3.8) is 0 Å². The van der Waals surface area contributed by atoms with Crippen molar-refractivity contribution in [2.24, 2.45) is 0 Å². The lowest BCUT2D eigenvalue weighted by molar-refractivity contribution is 0.103. The Morgan fingerprint density at radius 3 is 2.37 bits per heavy atom. The van der Waals surface area contributed by atoms with Crippen LogP contribution in [0.3, 0.4) is 0 Å². The highest BCUT2D eigenvalue weighted by Crippen LogP contribution is 2.26. The van der Waals surface area contributed by atoms with Crippen molar-refractivity contribution < 1.29 is 4.79 Å². The van der Waals surface area contributed by atoms with Crippen LogP contribution in [-0.2, 0) is 0 Å². The van der Waals surface area contributed by atoms with Gasteiger partial charge in [-0.2, -0.15) is 0 Å². The first-order valence-electron chi connectivity index (χ1n) is 5.66. The van der Waals surface area contributed by atoms with Crippen LogP contribution in [0.2, 0.25) is 0 Å². The van der Waals surface area contributed by atoms with Crippen LogP contribution < -0.4 is 0 Å². The van der Waals surface area contributed by atoms with E-state index in [1.807, 2.05) is 44.2 Å². The van der Waals surface area contributed by atoms with E-state index in [0.717, 1.165) is 34.8 Å². The van der Waals surface area contributed by atoms with Gasteiger partial charge in [-0.1, -0.05) is 31.9 Å². The number of halogens is 3. The minimum atomic E-state index is 0.0683. The molecule has 19 heavy (non-hydrogen) atoms. The van der Waals surface area contributed by atoms with Gasteiger partial charge in [-0.15, -0.1) is 0 Å². The summed E-state index contributed by atoms with van der Waals surface area (Å²) in [7, 11) is 0. The van der Waals surface area contributed by atoms with E-state index in [9.17, 15) is 4.79 Å². The SMILES string of the molecule is Cc1cc(C(=O)c2cc(Br)ccc2I)c(C)cc1Br. The van der Waals surface area contributed by atoms with Gasteiger partial charge in [-0.3, -0.25) is 4.79 Å². The monoisotopic (exact) mass is 492 g/mol. The average molecular weight is 494 g/mol. The van der Waals surface area contributed by atoms with E-state index in [0.29, 0.717) is 0 Å². The summed E-state index contributed by atoms with van der Waals surface area (Å²) >= 11 is 9.11. The summed E-state index contributed by atoms with van der Waals surface area (Å²) < 4.78 is 2.92. The smallest absolute Gasteiger partial charge is 0.194 e. The number of hydrogen-bond acceptors (Lipinski definition) is 1. The highest BCUT2D eigenvalue weighted by atomic mass is 127. The zero-order valence-electron chi connectivity index (χ0n) is 10.4. The lowest BCUT2D eigenvalue weighted by Crippen LogP contribution is -2.06. The second-order valence-corrected chi connectivity index (χ2v) is 7.30. The standard InChI is InChI=1S/C15H11Br2IO/c1-8-6-13(17)9(2)5-11(8)15(19)12-7-10(16)3-4-14(12)18/h3-7H,1-2H3. The van der Waals surface area contributed by atoms with Gasteiger partial charge in [0.2, 0.25) is 0 Å². The molecule has 0 bridgehead atoms. The number of hydrogen-bond donors (Lipinski definition) is 0. The second-order valence-electron chi connectivity index (χ2n) is 4.37. The fourth-order valence-electron chi connectivity index (χ4n) is 1.84. The maximum absolute atomic E-state index is 12.7. The lowest BCUT2D eigenvalue weighted by atomic mass is 9.97. The topological polar surface area (TPSA) is 17.1 Å². The van der Waals surface area contributed by atoms with Crippen LogP contribution in [0.25, 0.3) is 0 Å². The molecule has 0 aliphatic rings. The predicted molar refractivity (Wildman–Crippen MR) is 93.9 cm³/mol. The maximum atomic E-state index is 12.7. The predicted octanol–water partition coefficient (Wildman–Crippen LogP) is 5.66. The van der Waals surface area contributed by atoms with Gasteiger partial charge in [0.05, 0.1) is 0 Å². The molecule has 0 aliphatic carbocycles. The number of aryl methyl sites for hydroxylation is 2. The van der Waals surface area contributed by atoms with Gasteiger partial charge in [-0.05, 0) is 77.9 Å². The first-order chi connectivity index (χ1) is 8.90. The first kappa shape index (κ1) is 15.2. The molecule has 0 atom stereocenters. The summed E-state index contributed by atoms with van der Waals surface area (Å²) in [6, 6.07) is 9.70. The summed E-state index contributed by atoms with van der Waals surface area (Å²) in [6.45, 7) is 3.95. The van der Waals surface area contributed by atoms with Crippen molar-refractivity contribution in [3.05, 3.63) is 65.1 Å². The normalized spacial score (nSPS) is 10.6. The Kier molecular flexibility index (Phi) is 4.84. The molecule has 0 unspecified atom stereocenters. The van der Waals surface area contributed by atoms with Crippen LogP contribution in [0.4, 0.5) is 0 Å². The Morgan fingerprint density at radius 2 is 1.68 bits per heavy atom. The molecule has 4 heteroatoms.